The van der Waals surface area contributed by atoms with E-state index in [0.717, 1.165) is 19.8 Å². The molecule has 7 heteroatoms. The molecule has 2 N–H and O–H groups in total. The summed E-state index contributed by atoms with van der Waals surface area (Å²) in [5, 5.41) is 12.0. The second kappa shape index (κ2) is 5.77. The molecule has 0 aromatic rings. The lowest BCUT2D eigenvalue weighted by atomic mass is 9.81. The van der Waals surface area contributed by atoms with E-state index in [1.807, 2.05) is 0 Å². The molecule has 0 radical (unpaired) electrons. The van der Waals surface area contributed by atoms with E-state index in [-0.39, 0.29) is 37.9 Å². The van der Waals surface area contributed by atoms with Gasteiger partial charge in [0.1, 0.15) is 0 Å². The summed E-state index contributed by atoms with van der Waals surface area (Å²) in [5.41, 5.74) is -0.798. The molecule has 2 atom stereocenters. The summed E-state index contributed by atoms with van der Waals surface area (Å²) in [5.74, 6) is -3.53. The molecule has 0 bridgehead atoms. The number of urea groups is 1. The fraction of sp³-hybridized carbons (Fsp3) is 0.857. The van der Waals surface area contributed by atoms with Gasteiger partial charge < -0.3 is 15.3 Å². The lowest BCUT2D eigenvalue weighted by molar-refractivity contribution is -0.149. The molecular weight excluding hydrogens is 282 g/mol. The van der Waals surface area contributed by atoms with Gasteiger partial charge in [-0.25, -0.2) is 13.6 Å². The van der Waals surface area contributed by atoms with Crippen LogP contribution in [0.2, 0.25) is 0 Å². The molecule has 0 aromatic heterocycles. The third kappa shape index (κ3) is 3.44. The van der Waals surface area contributed by atoms with E-state index in [9.17, 15) is 23.5 Å². The Morgan fingerprint density at radius 2 is 2.19 bits per heavy atom. The Morgan fingerprint density at radius 1 is 1.48 bits per heavy atom. The minimum absolute atomic E-state index is 0.0146. The Kier molecular flexibility index (Phi) is 4.39. The third-order valence-corrected chi connectivity index (χ3v) is 4.65. The number of carbonyl (C=O) groups is 2. The van der Waals surface area contributed by atoms with Crippen molar-refractivity contribution in [2.24, 2.45) is 11.3 Å². The Labute approximate surface area is 122 Å². The fourth-order valence-electron chi connectivity index (χ4n) is 3.50. The molecule has 5 nitrogen and oxygen atoms in total. The molecule has 0 aromatic carbocycles. The van der Waals surface area contributed by atoms with Crippen LogP contribution < -0.4 is 5.32 Å². The first-order valence-electron chi connectivity index (χ1n) is 7.39. The summed E-state index contributed by atoms with van der Waals surface area (Å²) in [6, 6.07) is -0.343. The van der Waals surface area contributed by atoms with Gasteiger partial charge in [0.25, 0.3) is 0 Å². The highest BCUT2D eigenvalue weighted by atomic mass is 19.3. The molecule has 2 amide bonds. The van der Waals surface area contributed by atoms with Crippen molar-refractivity contribution in [2.75, 3.05) is 19.6 Å². The quantitative estimate of drug-likeness (QED) is 0.766. The van der Waals surface area contributed by atoms with Gasteiger partial charge >= 0.3 is 12.0 Å². The van der Waals surface area contributed by atoms with Crippen molar-refractivity contribution in [3.63, 3.8) is 0 Å². The highest BCUT2D eigenvalue weighted by Gasteiger charge is 2.55. The molecule has 1 saturated carbocycles. The predicted octanol–water partition coefficient (Wildman–Crippen LogP) is 2.32. The summed E-state index contributed by atoms with van der Waals surface area (Å²) < 4.78 is 25.3. The maximum Gasteiger partial charge on any atom is 0.317 e. The Bertz CT molecular complexity index is 425. The second-order valence-corrected chi connectivity index (χ2v) is 6.34. The first-order valence-corrected chi connectivity index (χ1v) is 7.39. The lowest BCUT2D eigenvalue weighted by Gasteiger charge is -2.23. The van der Waals surface area contributed by atoms with Gasteiger partial charge in [-0.15, -0.1) is 0 Å². The number of fused-ring (bicyclic) bond motifs is 1. The van der Waals surface area contributed by atoms with E-state index in [1.165, 1.54) is 4.90 Å². The van der Waals surface area contributed by atoms with Crippen LogP contribution in [0.1, 0.15) is 39.0 Å². The molecule has 1 aliphatic heterocycles. The Hall–Kier alpha value is -1.40. The van der Waals surface area contributed by atoms with Gasteiger partial charge in [-0.3, -0.25) is 4.79 Å². The van der Waals surface area contributed by atoms with E-state index in [2.05, 4.69) is 5.32 Å². The van der Waals surface area contributed by atoms with Crippen LogP contribution in [-0.2, 0) is 4.79 Å². The normalized spacial score (nSPS) is 28.5. The number of carboxylic acid groups (broad SMARTS) is 1. The molecule has 1 heterocycles. The van der Waals surface area contributed by atoms with Gasteiger partial charge in [-0.2, -0.15) is 0 Å². The molecule has 1 saturated heterocycles. The van der Waals surface area contributed by atoms with Crippen LogP contribution in [0.3, 0.4) is 0 Å². The van der Waals surface area contributed by atoms with Gasteiger partial charge in [0.15, 0.2) is 0 Å². The monoisotopic (exact) mass is 304 g/mol. The summed E-state index contributed by atoms with van der Waals surface area (Å²) in [7, 11) is 0. The van der Waals surface area contributed by atoms with Crippen molar-refractivity contribution in [1.82, 2.24) is 10.2 Å². The van der Waals surface area contributed by atoms with Gasteiger partial charge in [-0.05, 0) is 32.1 Å². The first-order chi connectivity index (χ1) is 9.74. The van der Waals surface area contributed by atoms with E-state index < -0.39 is 17.3 Å². The molecule has 2 rings (SSSR count). The van der Waals surface area contributed by atoms with Crippen LogP contribution in [0.5, 0.6) is 0 Å². The maximum atomic E-state index is 12.7. The number of likely N-dealkylation sites (tertiary alicyclic amines) is 1. The van der Waals surface area contributed by atoms with Crippen molar-refractivity contribution in [3.05, 3.63) is 0 Å². The summed E-state index contributed by atoms with van der Waals surface area (Å²) in [4.78, 5) is 25.0. The molecule has 2 fully saturated rings. The number of nitrogens with zero attached hydrogens (tertiary/aromatic N) is 1. The fourth-order valence-corrected chi connectivity index (χ4v) is 3.50. The molecule has 0 spiro atoms. The van der Waals surface area contributed by atoms with Crippen LogP contribution >= 0.6 is 0 Å². The van der Waals surface area contributed by atoms with Crippen LogP contribution in [0, 0.1) is 11.3 Å². The third-order valence-electron chi connectivity index (χ3n) is 4.65. The average molecular weight is 304 g/mol. The number of hydrogen-bond donors (Lipinski definition) is 2. The summed E-state index contributed by atoms with van der Waals surface area (Å²) >= 11 is 0. The average Bonchev–Trinajstić information content (AvgIpc) is 2.90. The first kappa shape index (κ1) is 16.0. The van der Waals surface area contributed by atoms with E-state index in [0.29, 0.717) is 13.0 Å². The van der Waals surface area contributed by atoms with Gasteiger partial charge in [0.2, 0.25) is 5.92 Å². The maximum absolute atomic E-state index is 12.7. The summed E-state index contributed by atoms with van der Waals surface area (Å²) in [6.07, 6.45) is 2.26. The number of alkyl halides is 2. The minimum atomic E-state index is -2.72. The smallest absolute Gasteiger partial charge is 0.317 e. The SMILES string of the molecule is CC(F)(F)CCCNC(=O)N1C[C@@H]2CCC[C@@]2(C(=O)O)C1. The van der Waals surface area contributed by atoms with Crippen molar-refractivity contribution in [1.29, 1.82) is 0 Å². The van der Waals surface area contributed by atoms with Crippen LogP contribution in [0.4, 0.5) is 13.6 Å². The van der Waals surface area contributed by atoms with Crippen molar-refractivity contribution in [3.8, 4) is 0 Å². The van der Waals surface area contributed by atoms with E-state index >= 15 is 0 Å². The van der Waals surface area contributed by atoms with Crippen molar-refractivity contribution >= 4 is 12.0 Å². The number of halogens is 2. The van der Waals surface area contributed by atoms with E-state index in [1.54, 1.807) is 0 Å². The van der Waals surface area contributed by atoms with Crippen molar-refractivity contribution < 1.29 is 23.5 Å². The molecule has 21 heavy (non-hydrogen) atoms. The molecule has 120 valence electrons. The predicted molar refractivity (Wildman–Crippen MR) is 72.2 cm³/mol. The second-order valence-electron chi connectivity index (χ2n) is 6.34. The highest BCUT2D eigenvalue weighted by molar-refractivity contribution is 5.80. The molecule has 2 aliphatic rings. The van der Waals surface area contributed by atoms with E-state index in [4.69, 9.17) is 0 Å². The Morgan fingerprint density at radius 3 is 2.76 bits per heavy atom. The van der Waals surface area contributed by atoms with Crippen LogP contribution in [0.25, 0.3) is 0 Å². The zero-order valence-electron chi connectivity index (χ0n) is 12.2. The largest absolute Gasteiger partial charge is 0.481 e. The molecular formula is C14H22F2N2O3. The zero-order chi connectivity index (χ0) is 15.7. The minimum Gasteiger partial charge on any atom is -0.481 e. The zero-order valence-corrected chi connectivity index (χ0v) is 12.2. The molecule has 0 unspecified atom stereocenters. The lowest BCUT2D eigenvalue weighted by Crippen LogP contribution is -2.42. The number of rotatable bonds is 5. The van der Waals surface area contributed by atoms with Crippen LogP contribution in [-0.4, -0.2) is 47.6 Å². The van der Waals surface area contributed by atoms with Crippen LogP contribution in [0.15, 0.2) is 0 Å². The number of hydrogen-bond acceptors (Lipinski definition) is 2. The standard InChI is InChI=1S/C14H22F2N2O3/c1-13(15,16)5-3-7-17-12(21)18-8-10-4-2-6-14(10,9-18)11(19)20/h10H,2-9H2,1H3,(H,17,21)(H,19,20)/t10-,14+/m0/s1. The number of carbonyl (C=O) groups excluding carboxylic acids is 1. The number of amides is 2. The van der Waals surface area contributed by atoms with Gasteiger partial charge in [-0.1, -0.05) is 6.42 Å². The number of carboxylic acids is 1. The topological polar surface area (TPSA) is 69.6 Å². The Balaban J connectivity index is 1.81. The van der Waals surface area contributed by atoms with Crippen molar-refractivity contribution in [2.45, 2.75) is 45.0 Å². The number of nitrogens with one attached hydrogen (secondary N) is 1. The number of aliphatic carboxylic acids is 1. The van der Waals surface area contributed by atoms with Gasteiger partial charge in [0, 0.05) is 26.1 Å². The van der Waals surface area contributed by atoms with Gasteiger partial charge in [0.05, 0.1) is 5.41 Å². The molecule has 1 aliphatic carbocycles. The highest BCUT2D eigenvalue weighted by Crippen LogP contribution is 2.48. The summed E-state index contributed by atoms with van der Waals surface area (Å²) in [6.45, 7) is 1.71.